The molecule has 8 rings (SSSR count). The molecule has 6 aliphatic rings. The lowest BCUT2D eigenvalue weighted by Gasteiger charge is -2.38. The van der Waals surface area contributed by atoms with Crippen LogP contribution in [0.4, 0.5) is 5.69 Å². The van der Waals surface area contributed by atoms with E-state index >= 15 is 0 Å². The van der Waals surface area contributed by atoms with E-state index < -0.39 is 89.2 Å². The molecule has 0 radical (unpaired) electrons. The Morgan fingerprint density at radius 1 is 0.929 bits per heavy atom. The Labute approximate surface area is 409 Å². The van der Waals surface area contributed by atoms with Gasteiger partial charge in [-0.05, 0) is 38.2 Å². The first-order chi connectivity index (χ1) is 33.1. The minimum atomic E-state index is -1.95. The number of piperazine rings is 1. The third-order valence-electron chi connectivity index (χ3n) is 14.9. The van der Waals surface area contributed by atoms with Crippen molar-refractivity contribution in [3.8, 4) is 17.2 Å². The number of Topliss-reactive ketones (excluding diaryl/α,β-unsaturated/α-hetero) is 1. The molecule has 2 fully saturated rings. The fourth-order valence-corrected chi connectivity index (χ4v) is 10.6. The number of ether oxygens (including phenoxy) is 3. The van der Waals surface area contributed by atoms with Gasteiger partial charge in [-0.25, -0.2) is 4.99 Å². The molecule has 0 aliphatic carbocycles. The van der Waals surface area contributed by atoms with Crippen molar-refractivity contribution in [1.29, 1.82) is 0 Å². The molecule has 2 saturated heterocycles. The van der Waals surface area contributed by atoms with Gasteiger partial charge in [-0.3, -0.25) is 29.1 Å². The van der Waals surface area contributed by atoms with Crippen LogP contribution in [0.2, 0.25) is 0 Å². The molecule has 8 atom stereocenters. The predicted octanol–water partition coefficient (Wildman–Crippen LogP) is 3.63. The summed E-state index contributed by atoms with van der Waals surface area (Å²) in [5, 5.41) is 60.4. The number of aliphatic hydroxyl groups excluding tert-OH is 3. The SMILES string of the molecule is C/C1=C/C=C/[C@H](C)[C@H](O)[C@@H](C)[C@@H](O)[C@@H](C)[C@H](OC(=O)CC(=O)N2CCN(CCO)CC2)[C@H](C)C/C=C/O[C@@]2(C)Oc3c(C)c(O)c4c(O)c(c5c(c4c3C2=O)NC2(CCN(CC(C)C)CC2)N=5)=NC1=O. The van der Waals surface area contributed by atoms with E-state index in [4.69, 9.17) is 19.2 Å². The number of β-amino-alcohol motifs (C(OH)–C–C–N with tert-alkyl or cyclic N) is 1. The monoisotopic (exact) mass is 973 g/mol. The van der Waals surface area contributed by atoms with Gasteiger partial charge >= 0.3 is 11.8 Å². The standard InChI is InChI=1S/C52H72N6O12/c1-28(2)27-57-17-15-52(16-18-57)54-40-37-38-45(64)34(8)48-39(37)49(66)51(9,70-48)68-25-11-14-30(4)47(69-36(61)26-35(60)58-21-19-56(20-22-58)23-24-59)33(7)44(63)32(6)43(62)29(3)12-10-13-31(5)50(67)53-42(46(38)65)41(40)55-52/h10-13,25,28-30,32-33,43-44,47,54,59,62-65H,14-24,26-27H2,1-9H3/b12-10+,25-11+,31-13-,53-42?/t29-,30+,32+,33+,43-,44+,47+,51-/m0/s1. The van der Waals surface area contributed by atoms with E-state index in [0.29, 0.717) is 70.3 Å². The number of nitrogens with zero attached hydrogens (tertiary/aromatic N) is 5. The Morgan fingerprint density at radius 2 is 1.61 bits per heavy atom. The van der Waals surface area contributed by atoms with Crippen LogP contribution < -0.4 is 20.8 Å². The first kappa shape index (κ1) is 52.4. The number of likely N-dealkylation sites (tertiary alicyclic amines) is 1. The highest BCUT2D eigenvalue weighted by molar-refractivity contribution is 6.21. The summed E-state index contributed by atoms with van der Waals surface area (Å²) in [6.45, 7) is 20.7. The summed E-state index contributed by atoms with van der Waals surface area (Å²) in [7, 11) is 0. The van der Waals surface area contributed by atoms with E-state index in [1.54, 1.807) is 57.7 Å². The van der Waals surface area contributed by atoms with Crippen molar-refractivity contribution >= 4 is 40.0 Å². The molecule has 2 aromatic carbocycles. The zero-order chi connectivity index (χ0) is 51.0. The lowest BCUT2D eigenvalue weighted by Crippen LogP contribution is -2.50. The number of benzene rings is 2. The van der Waals surface area contributed by atoms with Crippen LogP contribution in [-0.4, -0.2) is 153 Å². The number of piperidine rings is 1. The number of allylic oxidation sites excluding steroid dienone is 3. The number of ketones is 1. The topological polar surface area (TPSA) is 244 Å². The molecule has 5 bridgehead atoms. The molecule has 0 saturated carbocycles. The first-order valence-electron chi connectivity index (χ1n) is 24.8. The number of nitrogens with one attached hydrogen (secondary N) is 1. The number of hydrogen-bond acceptors (Lipinski definition) is 16. The van der Waals surface area contributed by atoms with Gasteiger partial charge in [0.2, 0.25) is 5.91 Å². The summed E-state index contributed by atoms with van der Waals surface area (Å²) in [6, 6.07) is 0. The van der Waals surface area contributed by atoms with Crippen molar-refractivity contribution in [2.24, 2.45) is 39.6 Å². The molecule has 6 aliphatic heterocycles. The molecule has 6 N–H and O–H groups in total. The largest absolute Gasteiger partial charge is 0.507 e. The van der Waals surface area contributed by atoms with Crippen molar-refractivity contribution in [2.75, 3.05) is 64.3 Å². The van der Waals surface area contributed by atoms with Gasteiger partial charge in [0.1, 0.15) is 40.4 Å². The van der Waals surface area contributed by atoms with Gasteiger partial charge in [0.05, 0.1) is 41.7 Å². The van der Waals surface area contributed by atoms with Gasteiger partial charge in [-0.1, -0.05) is 59.8 Å². The van der Waals surface area contributed by atoms with Crippen LogP contribution in [0.3, 0.4) is 0 Å². The van der Waals surface area contributed by atoms with Crippen LogP contribution in [0.25, 0.3) is 10.8 Å². The molecular weight excluding hydrogens is 901 g/mol. The summed E-state index contributed by atoms with van der Waals surface area (Å²) in [5.41, 5.74) is -0.162. The minimum absolute atomic E-state index is 0.0105. The van der Waals surface area contributed by atoms with Gasteiger partial charge in [-0.2, -0.15) is 0 Å². The Kier molecular flexibility index (Phi) is 15.8. The summed E-state index contributed by atoms with van der Waals surface area (Å²) in [5.74, 6) is -7.30. The van der Waals surface area contributed by atoms with Crippen molar-refractivity contribution in [3.63, 3.8) is 0 Å². The number of phenols is 2. The van der Waals surface area contributed by atoms with Crippen molar-refractivity contribution in [2.45, 2.75) is 118 Å². The maximum Gasteiger partial charge on any atom is 0.315 e. The molecule has 2 amide bonds. The molecular formula is C52H72N6O12. The Balaban J connectivity index is 1.26. The Hall–Kier alpha value is -5.40. The molecule has 70 heavy (non-hydrogen) atoms. The number of carbonyl (C=O) groups excluding carboxylic acids is 4. The maximum absolute atomic E-state index is 14.8. The number of rotatable bonds is 7. The van der Waals surface area contributed by atoms with Crippen molar-refractivity contribution in [3.05, 3.63) is 58.0 Å². The molecule has 382 valence electrons. The Bertz CT molecular complexity index is 2580. The lowest BCUT2D eigenvalue weighted by atomic mass is 9.79. The zero-order valence-electron chi connectivity index (χ0n) is 42.0. The normalized spacial score (nSPS) is 30.5. The molecule has 18 nitrogen and oxygen atoms in total. The highest BCUT2D eigenvalue weighted by Gasteiger charge is 2.50. The number of anilines is 1. The summed E-state index contributed by atoms with van der Waals surface area (Å²) < 4.78 is 18.5. The van der Waals surface area contributed by atoms with E-state index in [-0.39, 0.29) is 62.7 Å². The molecule has 0 aromatic heterocycles. The number of amides is 2. The molecule has 6 heterocycles. The second-order valence-corrected chi connectivity index (χ2v) is 20.7. The van der Waals surface area contributed by atoms with E-state index in [9.17, 15) is 44.7 Å². The van der Waals surface area contributed by atoms with Crippen LogP contribution in [-0.2, 0) is 23.9 Å². The summed E-state index contributed by atoms with van der Waals surface area (Å²) in [4.78, 5) is 71.2. The van der Waals surface area contributed by atoms with Crippen LogP contribution in [0.1, 0.15) is 97.0 Å². The predicted molar refractivity (Wildman–Crippen MR) is 261 cm³/mol. The summed E-state index contributed by atoms with van der Waals surface area (Å²) in [6.07, 6.45) is 5.42. The Morgan fingerprint density at radius 3 is 2.27 bits per heavy atom. The van der Waals surface area contributed by atoms with Gasteiger partial charge in [0.25, 0.3) is 11.7 Å². The van der Waals surface area contributed by atoms with Crippen LogP contribution in [0.15, 0.2) is 46.1 Å². The molecule has 2 aromatic rings. The molecule has 18 heteroatoms. The van der Waals surface area contributed by atoms with Gasteiger partial charge < -0.3 is 54.9 Å². The molecule has 1 spiro atoms. The number of aromatic hydroxyl groups is 2. The quantitative estimate of drug-likeness (QED) is 0.132. The average Bonchev–Trinajstić information content (AvgIpc) is 3.82. The van der Waals surface area contributed by atoms with E-state index in [1.165, 1.54) is 19.3 Å². The van der Waals surface area contributed by atoms with Crippen LogP contribution in [0, 0.1) is 36.5 Å². The number of aliphatic hydroxyl groups is 3. The number of esters is 1. The number of carbonyl (C=O) groups is 4. The van der Waals surface area contributed by atoms with Gasteiger partial charge in [0.15, 0.2) is 5.75 Å². The lowest BCUT2D eigenvalue weighted by molar-refractivity contribution is -0.162. The third-order valence-corrected chi connectivity index (χ3v) is 14.9. The van der Waals surface area contributed by atoms with Crippen molar-refractivity contribution < 1.29 is 58.9 Å². The number of phenolic OH excluding ortho intramolecular Hbond substituents is 2. The van der Waals surface area contributed by atoms with Crippen LogP contribution >= 0.6 is 0 Å². The number of fused-ring (bicyclic) bond motifs is 13. The third kappa shape index (κ3) is 10.5. The maximum atomic E-state index is 14.8. The fraction of sp³-hybridized carbons (Fsp3) is 0.615. The highest BCUT2D eigenvalue weighted by Crippen LogP contribution is 2.51. The van der Waals surface area contributed by atoms with E-state index in [0.717, 1.165) is 6.54 Å². The van der Waals surface area contributed by atoms with E-state index in [2.05, 4.69) is 29.1 Å². The second-order valence-electron chi connectivity index (χ2n) is 20.7. The van der Waals surface area contributed by atoms with E-state index in [1.807, 2.05) is 11.8 Å². The van der Waals surface area contributed by atoms with Gasteiger partial charge in [-0.15, -0.1) is 0 Å². The number of hydrogen-bond donors (Lipinski definition) is 6. The summed E-state index contributed by atoms with van der Waals surface area (Å²) >= 11 is 0. The average molecular weight is 973 g/mol. The first-order valence-corrected chi connectivity index (χ1v) is 24.8. The second kappa shape index (κ2) is 21.1. The van der Waals surface area contributed by atoms with Crippen molar-refractivity contribution in [1.82, 2.24) is 14.7 Å². The minimum Gasteiger partial charge on any atom is -0.507 e. The molecule has 0 unspecified atom stereocenters. The van der Waals surface area contributed by atoms with Gasteiger partial charge in [0, 0.05) is 106 Å². The zero-order valence-corrected chi connectivity index (χ0v) is 42.0. The van der Waals surface area contributed by atoms with Crippen LogP contribution in [0.5, 0.6) is 17.2 Å². The highest BCUT2D eigenvalue weighted by atomic mass is 16.7. The smallest absolute Gasteiger partial charge is 0.315 e. The fourth-order valence-electron chi connectivity index (χ4n) is 10.6.